The van der Waals surface area contributed by atoms with Gasteiger partial charge in [0.1, 0.15) is 0 Å². The number of hydrogen-bond acceptors (Lipinski definition) is 6. The molecule has 1 aliphatic carbocycles. The van der Waals surface area contributed by atoms with Gasteiger partial charge in [0.25, 0.3) is 0 Å². The molecule has 2 aromatic carbocycles. The molecule has 0 amide bonds. The number of hydrogen-bond donors (Lipinski definition) is 3. The highest BCUT2D eigenvalue weighted by Gasteiger charge is 2.26. The third-order valence-electron chi connectivity index (χ3n) is 7.06. The number of fused-ring (bicyclic) bond motifs is 1. The van der Waals surface area contributed by atoms with Gasteiger partial charge in [0.15, 0.2) is 21.3 Å². The SMILES string of the molecule is Br.Br.CCCN(CCCCCCNCCc1ccc(S(C)(=O)=O)cc1)[C@@H]1CCc2c(ccc(O)c2O)C1. The van der Waals surface area contributed by atoms with E-state index in [4.69, 9.17) is 0 Å². The summed E-state index contributed by atoms with van der Waals surface area (Å²) >= 11 is 0. The predicted octanol–water partition coefficient (Wildman–Crippen LogP) is 5.62. The van der Waals surface area contributed by atoms with Crippen molar-refractivity contribution < 1.29 is 18.6 Å². The number of phenols is 2. The van der Waals surface area contributed by atoms with E-state index in [9.17, 15) is 18.6 Å². The molecule has 1 aliphatic rings. The van der Waals surface area contributed by atoms with E-state index in [1.807, 2.05) is 18.2 Å². The van der Waals surface area contributed by atoms with Crippen LogP contribution in [0.15, 0.2) is 41.3 Å². The van der Waals surface area contributed by atoms with E-state index in [1.54, 1.807) is 18.2 Å². The Kier molecular flexibility index (Phi) is 15.3. The molecule has 0 fully saturated rings. The van der Waals surface area contributed by atoms with Crippen LogP contribution < -0.4 is 5.32 Å². The first-order chi connectivity index (χ1) is 16.8. The van der Waals surface area contributed by atoms with E-state index in [1.165, 1.54) is 37.5 Å². The van der Waals surface area contributed by atoms with Gasteiger partial charge < -0.3 is 20.4 Å². The number of nitrogens with zero attached hydrogens (tertiary/aromatic N) is 1. The number of sulfone groups is 1. The summed E-state index contributed by atoms with van der Waals surface area (Å²) in [6.07, 6.45) is 10.9. The molecule has 0 spiro atoms. The Balaban J connectivity index is 0.00000342. The second-order valence-electron chi connectivity index (χ2n) is 9.83. The van der Waals surface area contributed by atoms with Crippen molar-refractivity contribution in [2.45, 2.75) is 75.6 Å². The lowest BCUT2D eigenvalue weighted by Gasteiger charge is -2.35. The van der Waals surface area contributed by atoms with Crippen LogP contribution in [0.25, 0.3) is 0 Å². The van der Waals surface area contributed by atoms with Crippen molar-refractivity contribution in [3.63, 3.8) is 0 Å². The molecule has 0 unspecified atom stereocenters. The number of rotatable bonds is 14. The molecule has 0 aromatic heterocycles. The van der Waals surface area contributed by atoms with Crippen LogP contribution in [0.4, 0.5) is 0 Å². The second-order valence-corrected chi connectivity index (χ2v) is 11.8. The summed E-state index contributed by atoms with van der Waals surface area (Å²) in [6, 6.07) is 11.3. The zero-order chi connectivity index (χ0) is 25.3. The van der Waals surface area contributed by atoms with E-state index >= 15 is 0 Å². The second kappa shape index (κ2) is 16.7. The minimum atomic E-state index is -3.13. The van der Waals surface area contributed by atoms with Gasteiger partial charge >= 0.3 is 0 Å². The first kappa shape index (κ1) is 33.9. The van der Waals surface area contributed by atoms with Crippen LogP contribution in [-0.4, -0.2) is 62.0 Å². The van der Waals surface area contributed by atoms with Crippen LogP contribution in [0.3, 0.4) is 0 Å². The fourth-order valence-corrected chi connectivity index (χ4v) is 5.69. The quantitative estimate of drug-likeness (QED) is 0.180. The Labute approximate surface area is 244 Å². The lowest BCUT2D eigenvalue weighted by atomic mass is 9.86. The third-order valence-corrected chi connectivity index (χ3v) is 8.19. The molecule has 210 valence electrons. The van der Waals surface area contributed by atoms with Crippen molar-refractivity contribution >= 4 is 43.8 Å². The predicted molar refractivity (Wildman–Crippen MR) is 163 cm³/mol. The largest absolute Gasteiger partial charge is 0.504 e. The summed E-state index contributed by atoms with van der Waals surface area (Å²) in [5, 5.41) is 23.4. The lowest BCUT2D eigenvalue weighted by molar-refractivity contribution is 0.175. The molecule has 9 heteroatoms. The minimum absolute atomic E-state index is 0. The van der Waals surface area contributed by atoms with Crippen molar-refractivity contribution in [2.75, 3.05) is 32.4 Å². The maximum Gasteiger partial charge on any atom is 0.175 e. The molecule has 37 heavy (non-hydrogen) atoms. The summed E-state index contributed by atoms with van der Waals surface area (Å²) in [5.74, 6) is 0.0619. The number of nitrogens with one attached hydrogen (secondary N) is 1. The molecule has 1 atom stereocenters. The summed E-state index contributed by atoms with van der Waals surface area (Å²) in [7, 11) is -3.13. The van der Waals surface area contributed by atoms with Crippen LogP contribution in [0, 0.1) is 0 Å². The summed E-state index contributed by atoms with van der Waals surface area (Å²) in [6.45, 7) is 6.37. The Morgan fingerprint density at radius 3 is 2.32 bits per heavy atom. The first-order valence-electron chi connectivity index (χ1n) is 13.1. The molecule has 0 heterocycles. The zero-order valence-corrected chi connectivity index (χ0v) is 26.4. The first-order valence-corrected chi connectivity index (χ1v) is 14.9. The molecule has 0 aliphatic heterocycles. The monoisotopic (exact) mass is 662 g/mol. The average molecular weight is 665 g/mol. The van der Waals surface area contributed by atoms with Gasteiger partial charge in [-0.1, -0.05) is 38.0 Å². The van der Waals surface area contributed by atoms with Gasteiger partial charge in [-0.3, -0.25) is 0 Å². The normalized spacial score (nSPS) is 15.1. The lowest BCUT2D eigenvalue weighted by Crippen LogP contribution is -2.40. The van der Waals surface area contributed by atoms with Gasteiger partial charge in [-0.25, -0.2) is 8.42 Å². The fraction of sp³-hybridized carbons (Fsp3) is 0.571. The highest BCUT2D eigenvalue weighted by atomic mass is 79.9. The van der Waals surface area contributed by atoms with E-state index in [0.29, 0.717) is 10.9 Å². The fourth-order valence-electron chi connectivity index (χ4n) is 5.06. The summed E-state index contributed by atoms with van der Waals surface area (Å²) < 4.78 is 23.1. The third kappa shape index (κ3) is 10.5. The van der Waals surface area contributed by atoms with Crippen molar-refractivity contribution in [3.05, 3.63) is 53.1 Å². The van der Waals surface area contributed by atoms with Gasteiger partial charge in [0.05, 0.1) is 4.90 Å². The molecular formula is C28H44Br2N2O4S. The maximum atomic E-state index is 11.5. The highest BCUT2D eigenvalue weighted by Crippen LogP contribution is 2.36. The van der Waals surface area contributed by atoms with Crippen LogP contribution in [0.5, 0.6) is 11.5 Å². The van der Waals surface area contributed by atoms with Crippen LogP contribution in [-0.2, 0) is 29.1 Å². The smallest absolute Gasteiger partial charge is 0.175 e. The average Bonchev–Trinajstić information content (AvgIpc) is 2.84. The Bertz CT molecular complexity index is 1050. The molecule has 0 radical (unpaired) electrons. The zero-order valence-electron chi connectivity index (χ0n) is 22.1. The number of halogens is 2. The highest BCUT2D eigenvalue weighted by molar-refractivity contribution is 8.93. The number of unbranched alkanes of at least 4 members (excludes halogenated alkanes) is 3. The topological polar surface area (TPSA) is 89.9 Å². The molecule has 3 N–H and O–H groups in total. The number of phenolic OH excluding ortho intramolecular Hbond substituents is 2. The number of aromatic hydroxyl groups is 2. The van der Waals surface area contributed by atoms with Crippen LogP contribution in [0.2, 0.25) is 0 Å². The van der Waals surface area contributed by atoms with E-state index < -0.39 is 9.84 Å². The Morgan fingerprint density at radius 2 is 1.65 bits per heavy atom. The van der Waals surface area contributed by atoms with E-state index in [2.05, 4.69) is 17.1 Å². The van der Waals surface area contributed by atoms with E-state index in [-0.39, 0.29) is 45.5 Å². The molecule has 0 bridgehead atoms. The van der Waals surface area contributed by atoms with Crippen molar-refractivity contribution in [2.24, 2.45) is 0 Å². The molecule has 2 aromatic rings. The Hall–Kier alpha value is -1.13. The standard InChI is InChI=1S/C28H42N2O4S.2BrH/c1-3-19-30(24-11-14-26-23(21-24)10-15-27(31)28(26)32)20-7-5-4-6-17-29-18-16-22-8-12-25(13-9-22)35(2,33)34;;/h8-10,12-13,15,24,29,31-32H,3-7,11,14,16-21H2,1-2H3;2*1H/t24-;;/m1../s1. The van der Waals surface area contributed by atoms with Crippen LogP contribution >= 0.6 is 34.0 Å². The molecule has 0 saturated heterocycles. The van der Waals surface area contributed by atoms with Crippen molar-refractivity contribution in [3.8, 4) is 11.5 Å². The minimum Gasteiger partial charge on any atom is -0.504 e. The number of benzene rings is 2. The Morgan fingerprint density at radius 1 is 0.946 bits per heavy atom. The molecule has 6 nitrogen and oxygen atoms in total. The van der Waals surface area contributed by atoms with Crippen LogP contribution in [0.1, 0.15) is 62.1 Å². The van der Waals surface area contributed by atoms with E-state index in [0.717, 1.165) is 69.4 Å². The van der Waals surface area contributed by atoms with Crippen molar-refractivity contribution in [1.82, 2.24) is 10.2 Å². The molecular weight excluding hydrogens is 620 g/mol. The summed E-state index contributed by atoms with van der Waals surface area (Å²) in [5.41, 5.74) is 3.25. The summed E-state index contributed by atoms with van der Waals surface area (Å²) in [4.78, 5) is 3.00. The molecule has 3 rings (SSSR count). The van der Waals surface area contributed by atoms with Crippen molar-refractivity contribution in [1.29, 1.82) is 0 Å². The van der Waals surface area contributed by atoms with Gasteiger partial charge in [-0.05, 0) is 100 Å². The van der Waals surface area contributed by atoms with Gasteiger partial charge in [0, 0.05) is 17.9 Å². The maximum absolute atomic E-state index is 11.5. The van der Waals surface area contributed by atoms with Gasteiger partial charge in [-0.15, -0.1) is 34.0 Å². The van der Waals surface area contributed by atoms with Gasteiger partial charge in [-0.2, -0.15) is 0 Å². The molecule has 0 saturated carbocycles. The van der Waals surface area contributed by atoms with Gasteiger partial charge in [0.2, 0.25) is 0 Å².